The second kappa shape index (κ2) is 16.7. The fraction of sp³-hybridized carbons (Fsp3) is 0.231. The van der Waals surface area contributed by atoms with Gasteiger partial charge in [0.25, 0.3) is 0 Å². The van der Waals surface area contributed by atoms with Crippen LogP contribution in [-0.2, 0) is 23.3 Å². The summed E-state index contributed by atoms with van der Waals surface area (Å²) in [4.78, 5) is 0. The largest absolute Gasteiger partial charge is 1.00 e. The smallest absolute Gasteiger partial charge is 0.0247 e. The standard InChI is InChI=1S/C20H21.C17H15.C2H6Si.2ClH.Zr/c1-13(2)17-11-16-6-5-7-18(20(16)12-17)19-10-14(3)8-9-15(19)4;1-12-8-15-9-13(2)11-17(15)16(10-12)14-6-4-3-5-7-14;1-3-2;;;/h5-13H,1-4H3;3-11H,1-2H3;1-2H3;2*1H;/q2*-1;;;;+2/p-2. The molecule has 0 aliphatic carbocycles. The quantitative estimate of drug-likeness (QED) is 0.167. The van der Waals surface area contributed by atoms with Crippen molar-refractivity contribution in [1.82, 2.24) is 0 Å². The Labute approximate surface area is 286 Å². The van der Waals surface area contributed by atoms with Crippen LogP contribution in [0.15, 0.2) is 103 Å². The summed E-state index contributed by atoms with van der Waals surface area (Å²) in [7, 11) is 0. The van der Waals surface area contributed by atoms with E-state index in [1.54, 1.807) is 23.3 Å². The van der Waals surface area contributed by atoms with Crippen molar-refractivity contribution in [2.24, 2.45) is 0 Å². The van der Waals surface area contributed by atoms with Gasteiger partial charge in [-0.3, -0.25) is 0 Å². The molecule has 6 aromatic carbocycles. The SMILES string of the molecule is C[Si](C)=[Zr+2].Cc1cc(-c2ccccc2)c2cc(C)[cH-]c2c1.Cc1ccc(C)c(-c2cccc3[cH-]c(C(C)C)cc23)c1.[Cl-].[Cl-]. The van der Waals surface area contributed by atoms with Crippen molar-refractivity contribution in [2.45, 2.75) is 60.6 Å². The van der Waals surface area contributed by atoms with Gasteiger partial charge in [-0.2, -0.15) is 12.1 Å². The Bertz CT molecular complexity index is 1790. The van der Waals surface area contributed by atoms with Gasteiger partial charge in [-0.05, 0) is 43.4 Å². The molecule has 0 atom stereocenters. The van der Waals surface area contributed by atoms with E-state index in [0.717, 1.165) is 0 Å². The topological polar surface area (TPSA) is 0 Å². The number of fused-ring (bicyclic) bond motifs is 2. The molecule has 0 nitrogen and oxygen atoms in total. The van der Waals surface area contributed by atoms with Gasteiger partial charge >= 0.3 is 41.9 Å². The summed E-state index contributed by atoms with van der Waals surface area (Å²) in [5.74, 6) is 0.578. The summed E-state index contributed by atoms with van der Waals surface area (Å²) in [6, 6.07) is 37.7. The van der Waals surface area contributed by atoms with E-state index in [-0.39, 0.29) is 30.2 Å². The Morgan fingerprint density at radius 3 is 1.88 bits per heavy atom. The molecule has 0 heterocycles. The van der Waals surface area contributed by atoms with Crippen molar-refractivity contribution in [3.8, 4) is 22.3 Å². The fourth-order valence-corrected chi connectivity index (χ4v) is 5.33. The van der Waals surface area contributed by atoms with E-state index in [4.69, 9.17) is 0 Å². The van der Waals surface area contributed by atoms with Crippen LogP contribution in [0.4, 0.5) is 0 Å². The van der Waals surface area contributed by atoms with Crippen molar-refractivity contribution in [3.63, 3.8) is 0 Å². The Balaban J connectivity index is 0.000000259. The summed E-state index contributed by atoms with van der Waals surface area (Å²) in [5, 5.41) is 5.44. The first-order valence-electron chi connectivity index (χ1n) is 14.6. The van der Waals surface area contributed by atoms with Gasteiger partial charge < -0.3 is 24.8 Å². The second-order valence-electron chi connectivity index (χ2n) is 11.8. The molecule has 0 N–H and O–H groups in total. The molecule has 0 fully saturated rings. The van der Waals surface area contributed by atoms with Gasteiger partial charge in [0.05, 0.1) is 0 Å². The van der Waals surface area contributed by atoms with Crippen LogP contribution in [0, 0.1) is 27.7 Å². The predicted octanol–water partition coefficient (Wildman–Crippen LogP) is 5.60. The molecule has 6 rings (SSSR count). The molecule has 0 unspecified atom stereocenters. The van der Waals surface area contributed by atoms with Crippen molar-refractivity contribution >= 4 is 27.0 Å². The first-order valence-corrected chi connectivity index (χ1v) is 20.7. The third kappa shape index (κ3) is 9.63. The summed E-state index contributed by atoms with van der Waals surface area (Å²) >= 11 is 1.74. The number of hydrogen-bond donors (Lipinski definition) is 0. The van der Waals surface area contributed by atoms with Crippen LogP contribution in [0.5, 0.6) is 0 Å². The molecule has 4 heteroatoms. The van der Waals surface area contributed by atoms with Crippen LogP contribution in [0.25, 0.3) is 43.8 Å². The minimum Gasteiger partial charge on any atom is -1.00 e. The molecule has 6 aromatic rings. The molecule has 0 aromatic heterocycles. The normalized spacial score (nSPS) is 10.3. The van der Waals surface area contributed by atoms with Gasteiger partial charge in [-0.25, -0.2) is 0 Å². The van der Waals surface area contributed by atoms with Crippen molar-refractivity contribution in [3.05, 3.63) is 131 Å². The number of aryl methyl sites for hydroxylation is 4. The number of rotatable bonds is 3. The van der Waals surface area contributed by atoms with Gasteiger partial charge in [0.15, 0.2) is 0 Å². The van der Waals surface area contributed by atoms with E-state index in [1.807, 2.05) is 0 Å². The van der Waals surface area contributed by atoms with Gasteiger partial charge in [0, 0.05) is 0 Å². The van der Waals surface area contributed by atoms with Crippen LogP contribution in [0.1, 0.15) is 47.6 Å². The maximum absolute atomic E-state index is 2.36. The molecular formula is C39H42Cl2SiZr-2. The van der Waals surface area contributed by atoms with E-state index in [0.29, 0.717) is 5.92 Å². The van der Waals surface area contributed by atoms with E-state index in [2.05, 4.69) is 158 Å². The third-order valence-corrected chi connectivity index (χ3v) is 7.32. The first kappa shape index (κ1) is 37.0. The summed E-state index contributed by atoms with van der Waals surface area (Å²) in [6.45, 7) is 17.8. The van der Waals surface area contributed by atoms with E-state index < -0.39 is 0 Å². The molecule has 0 amide bonds. The molecule has 0 aliphatic rings. The average Bonchev–Trinajstić information content (AvgIpc) is 3.53. The molecule has 0 radical (unpaired) electrons. The Kier molecular flexibility index (Phi) is 14.4. The van der Waals surface area contributed by atoms with Gasteiger partial charge in [0.2, 0.25) is 0 Å². The Morgan fingerprint density at radius 1 is 0.605 bits per heavy atom. The zero-order chi connectivity index (χ0) is 29.7. The van der Waals surface area contributed by atoms with Gasteiger partial charge in [0.1, 0.15) is 0 Å². The van der Waals surface area contributed by atoms with E-state index in [9.17, 15) is 0 Å². The Morgan fingerprint density at radius 2 is 1.23 bits per heavy atom. The van der Waals surface area contributed by atoms with Crippen LogP contribution >= 0.6 is 0 Å². The molecule has 0 bridgehead atoms. The fourth-order valence-electron chi connectivity index (χ4n) is 5.33. The maximum atomic E-state index is 2.36. The molecule has 0 saturated heterocycles. The van der Waals surface area contributed by atoms with Crippen molar-refractivity contribution in [1.29, 1.82) is 0 Å². The number of halogens is 2. The summed E-state index contributed by atoms with van der Waals surface area (Å²) in [5.41, 5.74) is 12.3. The average molecular weight is 701 g/mol. The van der Waals surface area contributed by atoms with Crippen LogP contribution < -0.4 is 24.8 Å². The first-order chi connectivity index (χ1) is 19.5. The second-order valence-corrected chi connectivity index (χ2v) is 21.2. The molecule has 0 spiro atoms. The van der Waals surface area contributed by atoms with Crippen molar-refractivity contribution < 1.29 is 48.1 Å². The molecular weight excluding hydrogens is 659 g/mol. The number of hydrogen-bond acceptors (Lipinski definition) is 0. The zero-order valence-electron chi connectivity index (χ0n) is 26.6. The third-order valence-electron chi connectivity index (χ3n) is 7.32. The van der Waals surface area contributed by atoms with Crippen LogP contribution in [-0.4, -0.2) is 5.43 Å². The minimum absolute atomic E-state index is 0. The van der Waals surface area contributed by atoms with E-state index >= 15 is 0 Å². The monoisotopic (exact) mass is 698 g/mol. The van der Waals surface area contributed by atoms with E-state index in [1.165, 1.54) is 71.6 Å². The van der Waals surface area contributed by atoms with Crippen LogP contribution in [0.3, 0.4) is 0 Å². The maximum Gasteiger partial charge on any atom is -0.0247 e. The van der Waals surface area contributed by atoms with Gasteiger partial charge in [-0.1, -0.05) is 104 Å². The van der Waals surface area contributed by atoms with Gasteiger partial charge in [-0.15, -0.1) is 63.0 Å². The predicted molar refractivity (Wildman–Crippen MR) is 180 cm³/mol. The molecule has 43 heavy (non-hydrogen) atoms. The summed E-state index contributed by atoms with van der Waals surface area (Å²) in [6.07, 6.45) is 0. The molecule has 0 saturated carbocycles. The molecule has 0 aliphatic heterocycles. The van der Waals surface area contributed by atoms with Crippen LogP contribution in [0.2, 0.25) is 13.1 Å². The minimum atomic E-state index is 0. The Hall–Kier alpha value is -2.22. The number of benzene rings is 4. The molecule has 222 valence electrons. The summed E-state index contributed by atoms with van der Waals surface area (Å²) < 4.78 is 0. The van der Waals surface area contributed by atoms with Crippen molar-refractivity contribution in [2.75, 3.05) is 0 Å². The zero-order valence-corrected chi connectivity index (χ0v) is 31.6.